The second-order valence-electron chi connectivity index (χ2n) is 5.36. The highest BCUT2D eigenvalue weighted by molar-refractivity contribution is 5.71. The molecule has 4 heteroatoms. The van der Waals surface area contributed by atoms with Gasteiger partial charge < -0.3 is 14.2 Å². The molecule has 2 rings (SSSR count). The van der Waals surface area contributed by atoms with Crippen LogP contribution in [0.5, 0.6) is 11.5 Å². The molecule has 0 aliphatic carbocycles. The predicted octanol–water partition coefficient (Wildman–Crippen LogP) is 4.03. The summed E-state index contributed by atoms with van der Waals surface area (Å²) in [6.45, 7) is 2.74. The molecule has 24 heavy (non-hydrogen) atoms. The molecule has 4 nitrogen and oxygen atoms in total. The van der Waals surface area contributed by atoms with Crippen molar-refractivity contribution in [2.45, 2.75) is 26.2 Å². The van der Waals surface area contributed by atoms with E-state index < -0.39 is 0 Å². The highest BCUT2D eigenvalue weighted by atomic mass is 16.6. The Balaban J connectivity index is 1.62. The van der Waals surface area contributed by atoms with E-state index in [2.05, 4.69) is 24.3 Å². The largest absolute Gasteiger partial charge is 0.494 e. The number of unbranched alkanes of at least 4 members (excludes halogenated alkanes) is 1. The van der Waals surface area contributed by atoms with Gasteiger partial charge in [0.1, 0.15) is 11.5 Å². The summed E-state index contributed by atoms with van der Waals surface area (Å²) < 4.78 is 15.9. The Morgan fingerprint density at radius 1 is 0.875 bits per heavy atom. The van der Waals surface area contributed by atoms with Crippen LogP contribution in [0.1, 0.15) is 25.3 Å². The molecule has 0 aliphatic rings. The van der Waals surface area contributed by atoms with Crippen LogP contribution in [0.2, 0.25) is 0 Å². The zero-order valence-corrected chi connectivity index (χ0v) is 14.1. The van der Waals surface area contributed by atoms with Gasteiger partial charge in [-0.15, -0.1) is 0 Å². The number of hydrogen-bond donors (Lipinski definition) is 0. The third-order valence-electron chi connectivity index (χ3n) is 3.46. The first-order valence-electron chi connectivity index (χ1n) is 8.33. The Hall–Kier alpha value is -2.49. The van der Waals surface area contributed by atoms with Crippen molar-refractivity contribution in [3.05, 3.63) is 60.2 Å². The summed E-state index contributed by atoms with van der Waals surface area (Å²) in [7, 11) is 0. The van der Waals surface area contributed by atoms with E-state index in [0.29, 0.717) is 19.0 Å². The number of carbonyl (C=O) groups excluding carboxylic acids is 1. The minimum atomic E-state index is -0.365. The maximum atomic E-state index is 11.2. The summed E-state index contributed by atoms with van der Waals surface area (Å²) in [5, 5.41) is 0. The van der Waals surface area contributed by atoms with Crippen molar-refractivity contribution < 1.29 is 19.0 Å². The van der Waals surface area contributed by atoms with E-state index in [1.165, 1.54) is 5.56 Å². The highest BCUT2D eigenvalue weighted by Crippen LogP contribution is 2.18. The standard InChI is InChI=1S/C20H24O4/c1-2-22-20(21)16-24-19-13-11-18(12-14-19)23-15-7-6-10-17-8-4-3-5-9-17/h3-5,8-9,11-14H,2,6-7,10,15-16H2,1H3. The molecule has 2 aromatic rings. The molecule has 128 valence electrons. The molecule has 0 heterocycles. The van der Waals surface area contributed by atoms with E-state index in [1.54, 1.807) is 19.1 Å². The van der Waals surface area contributed by atoms with Crippen LogP contribution in [0.3, 0.4) is 0 Å². The number of benzene rings is 2. The molecule has 0 unspecified atom stereocenters. The highest BCUT2D eigenvalue weighted by Gasteiger charge is 2.03. The summed E-state index contributed by atoms with van der Waals surface area (Å²) in [6.07, 6.45) is 3.19. The van der Waals surface area contributed by atoms with Gasteiger partial charge in [-0.2, -0.15) is 0 Å². The molecule has 0 saturated heterocycles. The topological polar surface area (TPSA) is 44.8 Å². The van der Waals surface area contributed by atoms with Crippen molar-refractivity contribution in [2.75, 3.05) is 19.8 Å². The van der Waals surface area contributed by atoms with Gasteiger partial charge in [-0.1, -0.05) is 30.3 Å². The number of aryl methyl sites for hydroxylation is 1. The van der Waals surface area contributed by atoms with Crippen molar-refractivity contribution in [3.63, 3.8) is 0 Å². The Morgan fingerprint density at radius 2 is 1.54 bits per heavy atom. The summed E-state index contributed by atoms with van der Waals surface area (Å²) >= 11 is 0. The number of hydrogen-bond acceptors (Lipinski definition) is 4. The van der Waals surface area contributed by atoms with Crippen LogP contribution < -0.4 is 9.47 Å². The van der Waals surface area contributed by atoms with Gasteiger partial charge in [0, 0.05) is 0 Å². The Morgan fingerprint density at radius 3 is 2.21 bits per heavy atom. The molecule has 2 aromatic carbocycles. The van der Waals surface area contributed by atoms with E-state index >= 15 is 0 Å². The van der Waals surface area contributed by atoms with E-state index in [0.717, 1.165) is 25.0 Å². The van der Waals surface area contributed by atoms with Crippen molar-refractivity contribution in [1.82, 2.24) is 0 Å². The zero-order valence-electron chi connectivity index (χ0n) is 14.1. The summed E-state index contributed by atoms with van der Waals surface area (Å²) in [4.78, 5) is 11.2. The van der Waals surface area contributed by atoms with Gasteiger partial charge in [0.25, 0.3) is 0 Å². The third-order valence-corrected chi connectivity index (χ3v) is 3.46. The number of ether oxygens (including phenoxy) is 3. The normalized spacial score (nSPS) is 10.2. The fourth-order valence-electron chi connectivity index (χ4n) is 2.24. The van der Waals surface area contributed by atoms with Gasteiger partial charge in [-0.25, -0.2) is 4.79 Å². The lowest BCUT2D eigenvalue weighted by Gasteiger charge is -2.08. The summed E-state index contributed by atoms with van der Waals surface area (Å²) in [5.41, 5.74) is 1.36. The second-order valence-corrected chi connectivity index (χ2v) is 5.36. The Kier molecular flexibility index (Phi) is 7.68. The van der Waals surface area contributed by atoms with Crippen LogP contribution in [-0.2, 0) is 16.0 Å². The van der Waals surface area contributed by atoms with Crippen molar-refractivity contribution in [1.29, 1.82) is 0 Å². The summed E-state index contributed by atoms with van der Waals surface area (Å²) in [5.74, 6) is 1.06. The fraction of sp³-hybridized carbons (Fsp3) is 0.350. The number of esters is 1. The van der Waals surface area contributed by atoms with Gasteiger partial charge >= 0.3 is 5.97 Å². The fourth-order valence-corrected chi connectivity index (χ4v) is 2.24. The molecular formula is C20H24O4. The van der Waals surface area contributed by atoms with Gasteiger partial charge in [-0.3, -0.25) is 0 Å². The second kappa shape index (κ2) is 10.3. The maximum Gasteiger partial charge on any atom is 0.344 e. The molecule has 0 radical (unpaired) electrons. The molecule has 0 amide bonds. The van der Waals surface area contributed by atoms with Crippen molar-refractivity contribution >= 4 is 5.97 Å². The molecule has 0 N–H and O–H groups in total. The SMILES string of the molecule is CCOC(=O)COc1ccc(OCCCCc2ccccc2)cc1. The summed E-state index contributed by atoms with van der Waals surface area (Å²) in [6, 6.07) is 17.7. The number of rotatable bonds is 10. The molecule has 0 fully saturated rings. The lowest BCUT2D eigenvalue weighted by Crippen LogP contribution is -2.14. The lowest BCUT2D eigenvalue weighted by molar-refractivity contribution is -0.145. The Labute approximate surface area is 143 Å². The smallest absolute Gasteiger partial charge is 0.344 e. The van der Waals surface area contributed by atoms with Crippen LogP contribution in [0, 0.1) is 0 Å². The van der Waals surface area contributed by atoms with Crippen molar-refractivity contribution in [3.8, 4) is 11.5 Å². The van der Waals surface area contributed by atoms with Crippen LogP contribution >= 0.6 is 0 Å². The molecule has 0 saturated carbocycles. The average molecular weight is 328 g/mol. The van der Waals surface area contributed by atoms with E-state index in [9.17, 15) is 4.79 Å². The monoisotopic (exact) mass is 328 g/mol. The van der Waals surface area contributed by atoms with Gasteiger partial charge in [0.05, 0.1) is 13.2 Å². The minimum Gasteiger partial charge on any atom is -0.494 e. The van der Waals surface area contributed by atoms with Gasteiger partial charge in [0.15, 0.2) is 6.61 Å². The van der Waals surface area contributed by atoms with Crippen LogP contribution in [0.4, 0.5) is 0 Å². The van der Waals surface area contributed by atoms with Crippen LogP contribution in [0.15, 0.2) is 54.6 Å². The Bertz CT molecular complexity index is 593. The number of carbonyl (C=O) groups is 1. The quantitative estimate of drug-likeness (QED) is 0.488. The van der Waals surface area contributed by atoms with Gasteiger partial charge in [-0.05, 0) is 56.0 Å². The molecular weight excluding hydrogens is 304 g/mol. The first-order chi connectivity index (χ1) is 11.8. The molecule has 0 spiro atoms. The predicted molar refractivity (Wildman–Crippen MR) is 93.4 cm³/mol. The van der Waals surface area contributed by atoms with Crippen molar-refractivity contribution in [2.24, 2.45) is 0 Å². The first kappa shape index (κ1) is 17.9. The minimum absolute atomic E-state index is 0.0759. The zero-order chi connectivity index (χ0) is 17.0. The first-order valence-corrected chi connectivity index (χ1v) is 8.33. The average Bonchev–Trinajstić information content (AvgIpc) is 2.62. The van der Waals surface area contributed by atoms with Gasteiger partial charge in [0.2, 0.25) is 0 Å². The molecule has 0 aliphatic heterocycles. The van der Waals surface area contributed by atoms with E-state index in [1.807, 2.05) is 18.2 Å². The third kappa shape index (κ3) is 6.73. The van der Waals surface area contributed by atoms with E-state index in [-0.39, 0.29) is 12.6 Å². The molecule has 0 atom stereocenters. The maximum absolute atomic E-state index is 11.2. The molecule has 0 aromatic heterocycles. The van der Waals surface area contributed by atoms with E-state index in [4.69, 9.17) is 14.2 Å². The van der Waals surface area contributed by atoms with Crippen LogP contribution in [0.25, 0.3) is 0 Å². The molecule has 0 bridgehead atoms. The van der Waals surface area contributed by atoms with Crippen LogP contribution in [-0.4, -0.2) is 25.8 Å². The lowest BCUT2D eigenvalue weighted by atomic mass is 10.1.